The van der Waals surface area contributed by atoms with Crippen molar-refractivity contribution in [1.29, 1.82) is 0 Å². The lowest BCUT2D eigenvalue weighted by molar-refractivity contribution is -0.129. The second-order valence-electron chi connectivity index (χ2n) is 7.29. The summed E-state index contributed by atoms with van der Waals surface area (Å²) in [6, 6.07) is 13.3. The number of hydrogen-bond donors (Lipinski definition) is 3. The van der Waals surface area contributed by atoms with Gasteiger partial charge in [0.15, 0.2) is 0 Å². The summed E-state index contributed by atoms with van der Waals surface area (Å²) in [7, 11) is 0. The number of halogens is 2. The number of hydroxylamine groups is 1. The smallest absolute Gasteiger partial charge is 0.243 e. The summed E-state index contributed by atoms with van der Waals surface area (Å²) >= 11 is 12.2. The monoisotopic (exact) mass is 461 g/mol. The molecule has 3 rings (SSSR count). The van der Waals surface area contributed by atoms with Crippen molar-refractivity contribution < 1.29 is 14.7 Å². The van der Waals surface area contributed by atoms with Crippen LogP contribution in [0.25, 0.3) is 10.9 Å². The highest BCUT2D eigenvalue weighted by Gasteiger charge is 2.08. The minimum atomic E-state index is -0.346. The van der Waals surface area contributed by atoms with E-state index in [4.69, 9.17) is 33.1 Å². The number of carbonyl (C=O) groups is 1. The number of fused-ring (bicyclic) bond motifs is 1. The van der Waals surface area contributed by atoms with Crippen molar-refractivity contribution in [2.45, 2.75) is 39.0 Å². The molecule has 1 heterocycles. The Morgan fingerprint density at radius 3 is 2.61 bits per heavy atom. The maximum atomic E-state index is 11.0. The molecule has 2 aromatic carbocycles. The third-order valence-corrected chi connectivity index (χ3v) is 5.54. The number of ether oxygens (including phenoxy) is 1. The van der Waals surface area contributed by atoms with Gasteiger partial charge in [-0.15, -0.1) is 0 Å². The van der Waals surface area contributed by atoms with Crippen LogP contribution < -0.4 is 15.5 Å². The highest BCUT2D eigenvalue weighted by Crippen LogP contribution is 2.32. The lowest BCUT2D eigenvalue weighted by atomic mass is 10.1. The van der Waals surface area contributed by atoms with Crippen LogP contribution in [-0.4, -0.2) is 22.7 Å². The number of hydrogen-bond acceptors (Lipinski definition) is 5. The quantitative estimate of drug-likeness (QED) is 0.184. The van der Waals surface area contributed by atoms with Crippen molar-refractivity contribution in [3.05, 3.63) is 58.2 Å². The molecule has 0 bridgehead atoms. The fraction of sp³-hybridized carbons (Fsp3) is 0.304. The number of nitrogens with zero attached hydrogens (tertiary/aromatic N) is 1. The van der Waals surface area contributed by atoms with Crippen molar-refractivity contribution in [1.82, 2.24) is 10.5 Å². The van der Waals surface area contributed by atoms with Crippen LogP contribution in [0, 0.1) is 6.92 Å². The molecule has 164 valence electrons. The molecule has 3 N–H and O–H groups in total. The van der Waals surface area contributed by atoms with E-state index >= 15 is 0 Å². The van der Waals surface area contributed by atoms with Gasteiger partial charge in [-0.1, -0.05) is 36.0 Å². The molecule has 0 radical (unpaired) electrons. The first-order chi connectivity index (χ1) is 15.0. The molecule has 0 saturated carbocycles. The molecular formula is C23H25Cl2N3O3. The lowest BCUT2D eigenvalue weighted by Gasteiger charge is -2.13. The van der Waals surface area contributed by atoms with E-state index in [1.54, 1.807) is 17.6 Å². The molecule has 0 spiro atoms. The van der Waals surface area contributed by atoms with Crippen LogP contribution in [0.1, 0.15) is 37.8 Å². The zero-order valence-corrected chi connectivity index (χ0v) is 18.8. The van der Waals surface area contributed by atoms with Gasteiger partial charge in [0, 0.05) is 28.9 Å². The van der Waals surface area contributed by atoms with Crippen LogP contribution in [0.3, 0.4) is 0 Å². The number of nitrogens with one attached hydrogen (secondary N) is 2. The summed E-state index contributed by atoms with van der Waals surface area (Å²) in [5, 5.41) is 13.8. The maximum absolute atomic E-state index is 11.0. The molecule has 0 aliphatic rings. The molecule has 31 heavy (non-hydrogen) atoms. The van der Waals surface area contributed by atoms with E-state index in [0.717, 1.165) is 59.4 Å². The molecule has 1 amide bonds. The Kier molecular flexibility index (Phi) is 8.35. The molecule has 8 heteroatoms. The van der Waals surface area contributed by atoms with Crippen LogP contribution in [0.4, 0.5) is 11.4 Å². The third kappa shape index (κ3) is 6.72. The summed E-state index contributed by atoms with van der Waals surface area (Å²) in [4.78, 5) is 15.6. The first kappa shape index (κ1) is 23.1. The highest BCUT2D eigenvalue weighted by molar-refractivity contribution is 6.42. The molecule has 1 aromatic heterocycles. The van der Waals surface area contributed by atoms with E-state index in [1.165, 1.54) is 0 Å². The van der Waals surface area contributed by atoms with Crippen LogP contribution in [0.5, 0.6) is 5.75 Å². The molecule has 6 nitrogen and oxygen atoms in total. The predicted octanol–water partition coefficient (Wildman–Crippen LogP) is 6.43. The lowest BCUT2D eigenvalue weighted by Crippen LogP contribution is -2.17. The van der Waals surface area contributed by atoms with Gasteiger partial charge in [-0.25, -0.2) is 5.48 Å². The first-order valence-corrected chi connectivity index (χ1v) is 10.9. The SMILES string of the molecule is Cc1cc(Nc2ccc(Cl)c(Cl)c2)c2cc(OCCCCCCC(=O)NO)ccc2n1. The molecule has 3 aromatic rings. The minimum absolute atomic E-state index is 0.336. The molecule has 0 unspecified atom stereocenters. The van der Waals surface area contributed by atoms with Crippen molar-refractivity contribution in [3.8, 4) is 5.75 Å². The van der Waals surface area contributed by atoms with Crippen LogP contribution in [0.15, 0.2) is 42.5 Å². The molecular weight excluding hydrogens is 437 g/mol. The Labute approximate surface area is 191 Å². The van der Waals surface area contributed by atoms with Crippen LogP contribution in [0.2, 0.25) is 10.0 Å². The van der Waals surface area contributed by atoms with Gasteiger partial charge in [-0.3, -0.25) is 15.0 Å². The molecule has 0 atom stereocenters. The van der Waals surface area contributed by atoms with Crippen LogP contribution in [-0.2, 0) is 4.79 Å². The van der Waals surface area contributed by atoms with Crippen molar-refractivity contribution in [3.63, 3.8) is 0 Å². The first-order valence-electron chi connectivity index (χ1n) is 10.2. The molecule has 0 fully saturated rings. The number of amides is 1. The number of unbranched alkanes of at least 4 members (excludes halogenated alkanes) is 3. The molecule has 0 saturated heterocycles. The number of aryl methyl sites for hydroxylation is 1. The van der Waals surface area contributed by atoms with Gasteiger partial charge in [0.25, 0.3) is 0 Å². The van der Waals surface area contributed by atoms with Gasteiger partial charge in [0.1, 0.15) is 5.75 Å². The minimum Gasteiger partial charge on any atom is -0.494 e. The Hall–Kier alpha value is -2.54. The number of carbonyl (C=O) groups excluding carboxylic acids is 1. The fourth-order valence-corrected chi connectivity index (χ4v) is 3.55. The largest absolute Gasteiger partial charge is 0.494 e. The highest BCUT2D eigenvalue weighted by atomic mass is 35.5. The van der Waals surface area contributed by atoms with E-state index in [0.29, 0.717) is 23.1 Å². The molecule has 0 aliphatic carbocycles. The zero-order chi connectivity index (χ0) is 22.2. The number of anilines is 2. The van der Waals surface area contributed by atoms with Crippen LogP contribution >= 0.6 is 23.2 Å². The Bertz CT molecular complexity index is 1060. The fourth-order valence-electron chi connectivity index (χ4n) is 3.25. The van der Waals surface area contributed by atoms with Gasteiger partial charge in [0.2, 0.25) is 5.91 Å². The normalized spacial score (nSPS) is 10.8. The summed E-state index contributed by atoms with van der Waals surface area (Å²) < 4.78 is 5.92. The topological polar surface area (TPSA) is 83.5 Å². The second kappa shape index (κ2) is 11.2. The maximum Gasteiger partial charge on any atom is 0.243 e. The number of pyridine rings is 1. The van der Waals surface area contributed by atoms with E-state index < -0.39 is 0 Å². The summed E-state index contributed by atoms with van der Waals surface area (Å²) in [6.45, 7) is 2.54. The number of rotatable bonds is 10. The van der Waals surface area contributed by atoms with E-state index in [9.17, 15) is 4.79 Å². The zero-order valence-electron chi connectivity index (χ0n) is 17.3. The Balaban J connectivity index is 1.64. The summed E-state index contributed by atoms with van der Waals surface area (Å²) in [6.07, 6.45) is 3.84. The average molecular weight is 462 g/mol. The summed E-state index contributed by atoms with van der Waals surface area (Å²) in [5.74, 6) is 0.427. The predicted molar refractivity (Wildman–Crippen MR) is 125 cm³/mol. The van der Waals surface area contributed by atoms with Crippen molar-refractivity contribution in [2.24, 2.45) is 0 Å². The Morgan fingerprint density at radius 1 is 1.03 bits per heavy atom. The van der Waals surface area contributed by atoms with Gasteiger partial charge >= 0.3 is 0 Å². The van der Waals surface area contributed by atoms with Crippen molar-refractivity contribution >= 4 is 51.4 Å². The standard InChI is InChI=1S/C23H25Cl2N3O3/c1-15-12-22(27-16-7-9-19(24)20(25)13-16)18-14-17(8-10-21(18)26-15)31-11-5-3-2-4-6-23(29)28-30/h7-10,12-14,30H,2-6,11H2,1H3,(H,26,27)(H,28,29). The number of aromatic nitrogens is 1. The number of benzene rings is 2. The van der Waals surface area contributed by atoms with Gasteiger partial charge in [-0.2, -0.15) is 0 Å². The third-order valence-electron chi connectivity index (χ3n) is 4.80. The van der Waals surface area contributed by atoms with Gasteiger partial charge < -0.3 is 10.1 Å². The van der Waals surface area contributed by atoms with Crippen molar-refractivity contribution in [2.75, 3.05) is 11.9 Å². The molecule has 0 aliphatic heterocycles. The van der Waals surface area contributed by atoms with E-state index in [1.807, 2.05) is 37.3 Å². The summed E-state index contributed by atoms with van der Waals surface area (Å²) in [5.41, 5.74) is 5.17. The van der Waals surface area contributed by atoms with E-state index in [-0.39, 0.29) is 5.91 Å². The average Bonchev–Trinajstić information content (AvgIpc) is 2.75. The second-order valence-corrected chi connectivity index (χ2v) is 8.11. The van der Waals surface area contributed by atoms with E-state index in [2.05, 4.69) is 10.3 Å². The van der Waals surface area contributed by atoms with Gasteiger partial charge in [-0.05, 0) is 62.2 Å². The Morgan fingerprint density at radius 2 is 1.84 bits per heavy atom. The van der Waals surface area contributed by atoms with Gasteiger partial charge in [0.05, 0.1) is 22.2 Å².